The molecule has 0 bridgehead atoms. The van der Waals surface area contributed by atoms with Crippen molar-refractivity contribution in [3.8, 4) is 0 Å². The maximum atomic E-state index is 13.0. The van der Waals surface area contributed by atoms with Gasteiger partial charge in [0.25, 0.3) is 0 Å². The SMILES string of the molecule is CC1CCCN(CCCN=C(N)N2CCN(c3ccc(F)cc3)CC2)C1. The highest BCUT2D eigenvalue weighted by atomic mass is 19.1. The van der Waals surface area contributed by atoms with Gasteiger partial charge in [0.2, 0.25) is 0 Å². The first-order chi connectivity index (χ1) is 12.6. The normalized spacial score (nSPS) is 22.7. The van der Waals surface area contributed by atoms with E-state index in [0.29, 0.717) is 5.96 Å². The molecule has 1 aromatic rings. The van der Waals surface area contributed by atoms with Crippen LogP contribution in [0, 0.1) is 11.7 Å². The number of hydrogen-bond donors (Lipinski definition) is 1. The molecule has 2 aliphatic heterocycles. The van der Waals surface area contributed by atoms with Crippen LogP contribution in [0.4, 0.5) is 10.1 Å². The second-order valence-electron chi connectivity index (χ2n) is 7.59. The Bertz CT molecular complexity index is 580. The number of aliphatic imine (C=N–C) groups is 1. The fraction of sp³-hybridized carbons (Fsp3) is 0.650. The molecule has 2 fully saturated rings. The molecule has 1 aromatic carbocycles. The van der Waals surface area contributed by atoms with Gasteiger partial charge in [-0.05, 0) is 62.5 Å². The topological polar surface area (TPSA) is 48.1 Å². The van der Waals surface area contributed by atoms with Gasteiger partial charge in [0.15, 0.2) is 5.96 Å². The van der Waals surface area contributed by atoms with Gasteiger partial charge in [-0.15, -0.1) is 0 Å². The monoisotopic (exact) mass is 361 g/mol. The third-order valence-corrected chi connectivity index (χ3v) is 5.44. The van der Waals surface area contributed by atoms with Crippen LogP contribution in [0.3, 0.4) is 0 Å². The molecule has 6 heteroatoms. The van der Waals surface area contributed by atoms with Crippen LogP contribution in [0.2, 0.25) is 0 Å². The fourth-order valence-corrected chi connectivity index (χ4v) is 3.92. The van der Waals surface area contributed by atoms with Crippen molar-refractivity contribution in [3.63, 3.8) is 0 Å². The quantitative estimate of drug-likeness (QED) is 0.497. The molecule has 2 heterocycles. The number of hydrogen-bond acceptors (Lipinski definition) is 3. The number of likely N-dealkylation sites (tertiary alicyclic amines) is 1. The van der Waals surface area contributed by atoms with Crippen LogP contribution in [0.1, 0.15) is 26.2 Å². The predicted molar refractivity (Wildman–Crippen MR) is 106 cm³/mol. The van der Waals surface area contributed by atoms with Crippen molar-refractivity contribution in [1.82, 2.24) is 9.80 Å². The minimum absolute atomic E-state index is 0.192. The number of benzene rings is 1. The molecule has 0 aromatic heterocycles. The number of piperazine rings is 1. The summed E-state index contributed by atoms with van der Waals surface area (Å²) in [6.45, 7) is 10.2. The summed E-state index contributed by atoms with van der Waals surface area (Å²) >= 11 is 0. The van der Waals surface area contributed by atoms with Gasteiger partial charge in [-0.2, -0.15) is 0 Å². The van der Waals surface area contributed by atoms with Gasteiger partial charge < -0.3 is 20.4 Å². The smallest absolute Gasteiger partial charge is 0.191 e. The van der Waals surface area contributed by atoms with Gasteiger partial charge in [-0.1, -0.05) is 6.92 Å². The maximum absolute atomic E-state index is 13.0. The van der Waals surface area contributed by atoms with Gasteiger partial charge >= 0.3 is 0 Å². The molecule has 0 radical (unpaired) electrons. The van der Waals surface area contributed by atoms with Gasteiger partial charge in [0, 0.05) is 45.0 Å². The van der Waals surface area contributed by atoms with Crippen LogP contribution in [0.5, 0.6) is 0 Å². The van der Waals surface area contributed by atoms with Crippen molar-refractivity contribution in [2.24, 2.45) is 16.6 Å². The Labute approximate surface area is 156 Å². The Morgan fingerprint density at radius 3 is 2.58 bits per heavy atom. The first-order valence-corrected chi connectivity index (χ1v) is 9.89. The maximum Gasteiger partial charge on any atom is 0.191 e. The summed E-state index contributed by atoms with van der Waals surface area (Å²) in [5.74, 6) is 1.30. The molecule has 3 rings (SSSR count). The highest BCUT2D eigenvalue weighted by Gasteiger charge is 2.19. The number of nitrogens with zero attached hydrogens (tertiary/aromatic N) is 4. The van der Waals surface area contributed by atoms with Crippen LogP contribution in [0.25, 0.3) is 0 Å². The van der Waals surface area contributed by atoms with Crippen LogP contribution in [0.15, 0.2) is 29.3 Å². The fourth-order valence-electron chi connectivity index (χ4n) is 3.92. The summed E-state index contributed by atoms with van der Waals surface area (Å²) in [5, 5.41) is 0. The molecular formula is C20H32FN5. The summed E-state index contributed by atoms with van der Waals surface area (Å²) in [4.78, 5) is 11.6. The molecule has 0 spiro atoms. The summed E-state index contributed by atoms with van der Waals surface area (Å²) in [5.41, 5.74) is 7.25. The van der Waals surface area contributed by atoms with E-state index in [2.05, 4.69) is 26.6 Å². The summed E-state index contributed by atoms with van der Waals surface area (Å²) in [7, 11) is 0. The van der Waals surface area contributed by atoms with Crippen LogP contribution in [-0.2, 0) is 0 Å². The molecule has 26 heavy (non-hydrogen) atoms. The zero-order valence-corrected chi connectivity index (χ0v) is 15.9. The molecule has 2 aliphatic rings. The van der Waals surface area contributed by atoms with E-state index in [-0.39, 0.29) is 5.82 Å². The molecule has 144 valence electrons. The molecule has 0 amide bonds. The zero-order chi connectivity index (χ0) is 18.4. The van der Waals surface area contributed by atoms with Gasteiger partial charge in [0.1, 0.15) is 5.82 Å². The van der Waals surface area contributed by atoms with E-state index < -0.39 is 0 Å². The summed E-state index contributed by atoms with van der Waals surface area (Å²) in [6.07, 6.45) is 3.76. The number of anilines is 1. The lowest BCUT2D eigenvalue weighted by Gasteiger charge is -2.36. The Balaban J connectivity index is 1.38. The largest absolute Gasteiger partial charge is 0.370 e. The van der Waals surface area contributed by atoms with Crippen molar-refractivity contribution in [2.45, 2.75) is 26.2 Å². The highest BCUT2D eigenvalue weighted by molar-refractivity contribution is 5.78. The minimum Gasteiger partial charge on any atom is -0.370 e. The number of piperidine rings is 1. The standard InChI is InChI=1S/C20H32FN5/c1-17-4-2-10-24(16-17)11-3-9-23-20(22)26-14-12-25(13-15-26)19-7-5-18(21)6-8-19/h5-8,17H,2-4,9-16H2,1H3,(H2,22,23). The second kappa shape index (κ2) is 9.21. The number of halogens is 1. The zero-order valence-electron chi connectivity index (χ0n) is 15.9. The molecule has 2 N–H and O–H groups in total. The number of rotatable bonds is 5. The van der Waals surface area contributed by atoms with Crippen LogP contribution >= 0.6 is 0 Å². The third-order valence-electron chi connectivity index (χ3n) is 5.44. The van der Waals surface area contributed by atoms with Crippen molar-refractivity contribution in [1.29, 1.82) is 0 Å². The van der Waals surface area contributed by atoms with Gasteiger partial charge in [0.05, 0.1) is 0 Å². The predicted octanol–water partition coefficient (Wildman–Crippen LogP) is 2.38. The van der Waals surface area contributed by atoms with Crippen molar-refractivity contribution >= 4 is 11.6 Å². The lowest BCUT2D eigenvalue weighted by atomic mass is 10.0. The molecule has 5 nitrogen and oxygen atoms in total. The lowest BCUT2D eigenvalue weighted by Crippen LogP contribution is -2.51. The average molecular weight is 362 g/mol. The van der Waals surface area contributed by atoms with E-state index in [1.54, 1.807) is 0 Å². The molecule has 1 atom stereocenters. The first kappa shape index (κ1) is 19.0. The van der Waals surface area contributed by atoms with Crippen molar-refractivity contribution < 1.29 is 4.39 Å². The first-order valence-electron chi connectivity index (χ1n) is 9.89. The number of nitrogens with two attached hydrogens (primary N) is 1. The van der Waals surface area contributed by atoms with Gasteiger partial charge in [-0.25, -0.2) is 4.39 Å². The van der Waals surface area contributed by atoms with Gasteiger partial charge in [-0.3, -0.25) is 4.99 Å². The highest BCUT2D eigenvalue weighted by Crippen LogP contribution is 2.17. The minimum atomic E-state index is -0.192. The third kappa shape index (κ3) is 5.34. The second-order valence-corrected chi connectivity index (χ2v) is 7.59. The Kier molecular flexibility index (Phi) is 6.72. The van der Waals surface area contributed by atoms with E-state index in [0.717, 1.165) is 57.3 Å². The van der Waals surface area contributed by atoms with Crippen LogP contribution < -0.4 is 10.6 Å². The lowest BCUT2D eigenvalue weighted by molar-refractivity contribution is 0.183. The van der Waals surface area contributed by atoms with E-state index in [4.69, 9.17) is 5.73 Å². The van der Waals surface area contributed by atoms with Crippen LogP contribution in [-0.4, -0.2) is 68.1 Å². The van der Waals surface area contributed by atoms with Crippen molar-refractivity contribution in [2.75, 3.05) is 57.3 Å². The summed E-state index contributed by atoms with van der Waals surface area (Å²) < 4.78 is 13.0. The summed E-state index contributed by atoms with van der Waals surface area (Å²) in [6, 6.07) is 6.70. The van der Waals surface area contributed by atoms with E-state index in [1.165, 1.54) is 38.1 Å². The van der Waals surface area contributed by atoms with E-state index in [9.17, 15) is 4.39 Å². The molecule has 0 aliphatic carbocycles. The molecular weight excluding hydrogens is 329 g/mol. The Morgan fingerprint density at radius 2 is 1.88 bits per heavy atom. The Morgan fingerprint density at radius 1 is 1.15 bits per heavy atom. The Hall–Kier alpha value is -1.82. The number of guanidine groups is 1. The van der Waals surface area contributed by atoms with E-state index >= 15 is 0 Å². The average Bonchev–Trinajstić information content (AvgIpc) is 2.66. The molecule has 0 saturated carbocycles. The molecule has 1 unspecified atom stereocenters. The van der Waals surface area contributed by atoms with Crippen molar-refractivity contribution in [3.05, 3.63) is 30.1 Å². The van der Waals surface area contributed by atoms with E-state index in [1.807, 2.05) is 12.1 Å². The molecule has 2 saturated heterocycles.